The Kier molecular flexibility index (Phi) is 7.66. The number of piperidine rings is 2. The summed E-state index contributed by atoms with van der Waals surface area (Å²) in [5, 5.41) is -0.183. The normalized spacial score (nSPS) is 28.0. The summed E-state index contributed by atoms with van der Waals surface area (Å²) in [7, 11) is -3.18. The van der Waals surface area contributed by atoms with Crippen molar-refractivity contribution in [2.45, 2.75) is 75.7 Å². The predicted molar refractivity (Wildman–Crippen MR) is 166 cm³/mol. The van der Waals surface area contributed by atoms with Crippen molar-refractivity contribution < 1.29 is 17.6 Å². The van der Waals surface area contributed by atoms with Crippen LogP contribution in [0.25, 0.3) is 0 Å². The van der Waals surface area contributed by atoms with Crippen LogP contribution in [0.15, 0.2) is 42.2 Å². The molecule has 0 bridgehead atoms. The molecule has 4 fully saturated rings. The SMILES string of the molecule is Cc1ncnc(C)c1C(=O)N1CCC2(N3CCN(C(c4cccc(F)c4)C4CCN(S(=O)(=O)C5CC5)CC4)[C@@H](C)C3)C=C2C1. The van der Waals surface area contributed by atoms with Crippen LogP contribution >= 0.6 is 0 Å². The zero-order valence-corrected chi connectivity index (χ0v) is 26.8. The van der Waals surface area contributed by atoms with E-state index in [2.05, 4.69) is 32.8 Å². The van der Waals surface area contributed by atoms with Crippen LogP contribution in [0.3, 0.4) is 0 Å². The summed E-state index contributed by atoms with van der Waals surface area (Å²) in [6.45, 7) is 11.0. The van der Waals surface area contributed by atoms with Gasteiger partial charge in [0, 0.05) is 57.9 Å². The van der Waals surface area contributed by atoms with Gasteiger partial charge in [0.15, 0.2) is 0 Å². The number of nitrogens with zero attached hydrogens (tertiary/aromatic N) is 6. The number of benzene rings is 1. The molecule has 236 valence electrons. The molecule has 3 atom stereocenters. The molecule has 9 nitrogen and oxygen atoms in total. The van der Waals surface area contributed by atoms with Crippen molar-refractivity contribution in [1.29, 1.82) is 0 Å². The number of sulfonamides is 1. The quantitative estimate of drug-likeness (QED) is 0.435. The summed E-state index contributed by atoms with van der Waals surface area (Å²) in [6.07, 6.45) is 7.87. The topological polar surface area (TPSA) is 90.0 Å². The predicted octanol–water partition coefficient (Wildman–Crippen LogP) is 3.71. The van der Waals surface area contributed by atoms with E-state index in [1.165, 1.54) is 18.0 Å². The molecule has 1 saturated carbocycles. The molecule has 11 heteroatoms. The number of aryl methyl sites for hydroxylation is 2. The zero-order valence-electron chi connectivity index (χ0n) is 26.0. The zero-order chi connectivity index (χ0) is 30.8. The van der Waals surface area contributed by atoms with Crippen LogP contribution in [-0.2, 0) is 10.0 Å². The van der Waals surface area contributed by atoms with Gasteiger partial charge in [0.1, 0.15) is 12.1 Å². The molecule has 4 heterocycles. The maximum atomic E-state index is 14.5. The van der Waals surface area contributed by atoms with Gasteiger partial charge in [-0.2, -0.15) is 0 Å². The highest BCUT2D eigenvalue weighted by atomic mass is 32.2. The number of hydrogen-bond acceptors (Lipinski definition) is 7. The smallest absolute Gasteiger partial charge is 0.257 e. The third-order valence-electron chi connectivity index (χ3n) is 10.8. The molecule has 0 spiro atoms. The lowest BCUT2D eigenvalue weighted by Gasteiger charge is -2.51. The first-order valence-electron chi connectivity index (χ1n) is 16.1. The van der Waals surface area contributed by atoms with Gasteiger partial charge in [-0.25, -0.2) is 27.1 Å². The van der Waals surface area contributed by atoms with Crippen LogP contribution in [0.1, 0.15) is 72.4 Å². The third-order valence-corrected chi connectivity index (χ3v) is 13.2. The van der Waals surface area contributed by atoms with E-state index in [4.69, 9.17) is 0 Å². The number of piperazine rings is 1. The lowest BCUT2D eigenvalue weighted by atomic mass is 9.83. The van der Waals surface area contributed by atoms with E-state index >= 15 is 0 Å². The van der Waals surface area contributed by atoms with E-state index in [0.717, 1.165) is 68.7 Å². The molecule has 0 radical (unpaired) electrons. The van der Waals surface area contributed by atoms with Gasteiger partial charge in [-0.15, -0.1) is 0 Å². The monoisotopic (exact) mass is 622 g/mol. The van der Waals surface area contributed by atoms with Crippen molar-refractivity contribution >= 4 is 15.9 Å². The standard InChI is InChI=1S/C33H43FN6O3S/c1-22-19-38(33-11-14-37(20-27(33)18-33)32(41)30-23(2)35-21-36-24(30)3)15-16-40(22)31(26-5-4-6-28(34)17-26)25-9-12-39(13-10-25)44(42,43)29-7-8-29/h4-6,17-18,21-22,25,29,31H,7-16,19-20H2,1-3H3/t22-,31?,33?/m0/s1. The van der Waals surface area contributed by atoms with Crippen LogP contribution in [0, 0.1) is 25.6 Å². The Morgan fingerprint density at radius 3 is 2.39 bits per heavy atom. The van der Waals surface area contributed by atoms with E-state index in [-0.39, 0.29) is 40.5 Å². The highest BCUT2D eigenvalue weighted by Gasteiger charge is 2.54. The van der Waals surface area contributed by atoms with Gasteiger partial charge in [-0.1, -0.05) is 18.2 Å². The fourth-order valence-electron chi connectivity index (χ4n) is 8.14. The Bertz CT molecular complexity index is 1570. The minimum absolute atomic E-state index is 0.00843. The Morgan fingerprint density at radius 1 is 1.02 bits per heavy atom. The Morgan fingerprint density at radius 2 is 1.75 bits per heavy atom. The van der Waals surface area contributed by atoms with Crippen molar-refractivity contribution in [3.05, 3.63) is 70.6 Å². The number of rotatable bonds is 7. The summed E-state index contributed by atoms with van der Waals surface area (Å²) in [6, 6.07) is 7.27. The number of hydrogen-bond donors (Lipinski definition) is 0. The van der Waals surface area contributed by atoms with Crippen LogP contribution < -0.4 is 0 Å². The highest BCUT2D eigenvalue weighted by Crippen LogP contribution is 2.49. The average Bonchev–Trinajstić information content (AvgIpc) is 3.93. The van der Waals surface area contributed by atoms with E-state index in [9.17, 15) is 17.6 Å². The first-order valence-corrected chi connectivity index (χ1v) is 17.6. The maximum absolute atomic E-state index is 14.5. The van der Waals surface area contributed by atoms with Crippen LogP contribution in [0.5, 0.6) is 0 Å². The summed E-state index contributed by atoms with van der Waals surface area (Å²) < 4.78 is 42.0. The first kappa shape index (κ1) is 30.0. The Balaban J connectivity index is 1.03. The summed E-state index contributed by atoms with van der Waals surface area (Å²) in [5.41, 5.74) is 4.30. The fraction of sp³-hybridized carbons (Fsp3) is 0.606. The Labute approximate surface area is 260 Å². The largest absolute Gasteiger partial charge is 0.334 e. The third kappa shape index (κ3) is 5.29. The number of halogens is 1. The Hall–Kier alpha value is -2.73. The molecule has 1 amide bonds. The number of carbonyl (C=O) groups is 1. The molecule has 1 aromatic carbocycles. The minimum atomic E-state index is -3.18. The van der Waals surface area contributed by atoms with Crippen molar-refractivity contribution in [3.63, 3.8) is 0 Å². The number of aromatic nitrogens is 2. The number of amides is 1. The van der Waals surface area contributed by atoms with E-state index in [1.54, 1.807) is 16.4 Å². The lowest BCUT2D eigenvalue weighted by molar-refractivity contribution is -0.00758. The highest BCUT2D eigenvalue weighted by molar-refractivity contribution is 7.90. The average molecular weight is 623 g/mol. The molecule has 3 aliphatic heterocycles. The van der Waals surface area contributed by atoms with Crippen molar-refractivity contribution in [3.8, 4) is 0 Å². The molecule has 2 aliphatic carbocycles. The van der Waals surface area contributed by atoms with E-state index in [1.807, 2.05) is 24.8 Å². The molecule has 2 unspecified atom stereocenters. The fourth-order valence-corrected chi connectivity index (χ4v) is 10.0. The van der Waals surface area contributed by atoms with Gasteiger partial charge in [0.25, 0.3) is 5.91 Å². The molecular weight excluding hydrogens is 579 g/mol. The van der Waals surface area contributed by atoms with E-state index in [0.29, 0.717) is 31.7 Å². The molecule has 0 N–H and O–H groups in total. The first-order chi connectivity index (χ1) is 21.1. The van der Waals surface area contributed by atoms with Crippen LogP contribution in [0.4, 0.5) is 4.39 Å². The summed E-state index contributed by atoms with van der Waals surface area (Å²) in [5.74, 6) is 0.0356. The molecule has 1 aromatic heterocycles. The minimum Gasteiger partial charge on any atom is -0.334 e. The maximum Gasteiger partial charge on any atom is 0.257 e. The van der Waals surface area contributed by atoms with Crippen LogP contribution in [-0.4, -0.2) is 106 Å². The number of fused-ring (bicyclic) bond motifs is 1. The molecule has 7 rings (SSSR count). The van der Waals surface area contributed by atoms with E-state index < -0.39 is 10.0 Å². The van der Waals surface area contributed by atoms with Gasteiger partial charge in [-0.05, 0) is 82.1 Å². The van der Waals surface area contributed by atoms with Crippen LogP contribution in [0.2, 0.25) is 0 Å². The van der Waals surface area contributed by atoms with Crippen molar-refractivity contribution in [1.82, 2.24) is 29.0 Å². The summed E-state index contributed by atoms with van der Waals surface area (Å²) in [4.78, 5) is 29.0. The number of carbonyl (C=O) groups excluding carboxylic acids is 1. The molecule has 2 aromatic rings. The second-order valence-corrected chi connectivity index (χ2v) is 15.7. The molecule has 5 aliphatic rings. The lowest BCUT2D eigenvalue weighted by Crippen LogP contribution is -2.60. The van der Waals surface area contributed by atoms with Gasteiger partial charge in [0.2, 0.25) is 10.0 Å². The molecule has 3 saturated heterocycles. The molecular formula is C33H43FN6O3S. The molecule has 44 heavy (non-hydrogen) atoms. The van der Waals surface area contributed by atoms with Crippen molar-refractivity contribution in [2.75, 3.05) is 45.8 Å². The second kappa shape index (κ2) is 11.3. The van der Waals surface area contributed by atoms with Gasteiger partial charge < -0.3 is 4.90 Å². The van der Waals surface area contributed by atoms with Crippen molar-refractivity contribution in [2.24, 2.45) is 5.92 Å². The van der Waals surface area contributed by atoms with Gasteiger partial charge >= 0.3 is 0 Å². The number of likely N-dealkylation sites (tertiary alicyclic amines) is 1. The van der Waals surface area contributed by atoms with Gasteiger partial charge in [0.05, 0.1) is 27.7 Å². The van der Waals surface area contributed by atoms with Gasteiger partial charge in [-0.3, -0.25) is 14.6 Å². The second-order valence-electron chi connectivity index (χ2n) is 13.5. The summed E-state index contributed by atoms with van der Waals surface area (Å²) >= 11 is 0.